The molecule has 71 heavy (non-hydrogen) atoms. The first-order valence-electron chi connectivity index (χ1n) is 25.1. The monoisotopic (exact) mass is 984 g/mol. The van der Waals surface area contributed by atoms with Crippen molar-refractivity contribution in [2.24, 2.45) is 45.3 Å². The Morgan fingerprint density at radius 1 is 0.930 bits per heavy atom. The third-order valence-electron chi connectivity index (χ3n) is 17.5. The van der Waals surface area contributed by atoms with Crippen molar-refractivity contribution in [3.8, 4) is 0 Å². The largest absolute Gasteiger partial charge is 0.392 e. The van der Waals surface area contributed by atoms with Gasteiger partial charge in [0.05, 0.1) is 69.0 Å². The number of carbonyl (C=O) groups is 8. The number of hydrogen-bond acceptors (Lipinski definition) is 15. The number of piperidine rings is 1. The maximum absolute atomic E-state index is 14.4. The molecule has 2 saturated carbocycles. The summed E-state index contributed by atoms with van der Waals surface area (Å²) in [6.07, 6.45) is 2.04. The molecule has 8 rings (SSSR count). The second kappa shape index (κ2) is 19.8. The predicted molar refractivity (Wildman–Crippen MR) is 255 cm³/mol. The number of fused-ring (bicyclic) bond motifs is 5. The molecule has 6 aliphatic rings. The van der Waals surface area contributed by atoms with E-state index in [1.807, 2.05) is 34.6 Å². The molecule has 1 saturated heterocycles. The summed E-state index contributed by atoms with van der Waals surface area (Å²) in [5, 5.41) is 40.3. The van der Waals surface area contributed by atoms with Crippen LogP contribution in [0.1, 0.15) is 133 Å². The fourth-order valence-corrected chi connectivity index (χ4v) is 13.5. The second-order valence-electron chi connectivity index (χ2n) is 22.1. The van der Waals surface area contributed by atoms with Crippen molar-refractivity contribution in [1.29, 1.82) is 0 Å². The summed E-state index contributed by atoms with van der Waals surface area (Å²) < 4.78 is 13.0. The third-order valence-corrected chi connectivity index (χ3v) is 17.5. The smallest absolute Gasteiger partial charge is 0.264 e. The molecule has 5 amide bonds. The van der Waals surface area contributed by atoms with E-state index >= 15 is 0 Å². The van der Waals surface area contributed by atoms with E-state index in [9.17, 15) is 48.6 Å². The van der Waals surface area contributed by atoms with Crippen LogP contribution in [0.25, 0.3) is 0 Å². The minimum absolute atomic E-state index is 0.0237. The van der Waals surface area contributed by atoms with E-state index in [0.29, 0.717) is 81.1 Å². The number of hydrogen-bond donors (Lipinski definition) is 5. The summed E-state index contributed by atoms with van der Waals surface area (Å²) in [4.78, 5) is 106. The molecule has 1 aromatic heterocycles. The van der Waals surface area contributed by atoms with Crippen molar-refractivity contribution < 1.29 is 58.0 Å². The van der Waals surface area contributed by atoms with E-state index in [0.717, 1.165) is 4.90 Å². The third kappa shape index (κ3) is 9.20. The molecule has 1 unspecified atom stereocenters. The number of allylic oxidation sites excluding steroid dienone is 1. The number of anilines is 1. The van der Waals surface area contributed by atoms with Gasteiger partial charge in [0.25, 0.3) is 11.8 Å². The number of nitrogens with one attached hydrogen (secondary N) is 3. The lowest BCUT2D eigenvalue weighted by Gasteiger charge is -2.61. The zero-order valence-electron chi connectivity index (χ0n) is 41.9. The number of nitrogens with zero attached hydrogens (tertiary/aromatic N) is 4. The molecule has 3 fully saturated rings. The van der Waals surface area contributed by atoms with E-state index in [-0.39, 0.29) is 97.4 Å². The van der Waals surface area contributed by atoms with Gasteiger partial charge in [0.15, 0.2) is 5.78 Å². The Hall–Kier alpha value is -5.50. The molecule has 3 heterocycles. The molecule has 0 spiro atoms. The SMILES string of the molecule is C[C@H](CC(=O)C[C@@H](C)[C@H]1C[C@H](O)[C@@]2(C)C3=C(C(=O)C[C@]12C)[C@@]1(C)CCC(=O)C(C)(C)[C@@H]1C[C@@H]3O)C(=O)NCc1cn(CCOCCOCCNc2cccc3c2C(=O)N(C2CCC(=O)NC2=O)C3=O)nn1. The number of ether oxygens (including phenoxy) is 2. The number of imide groups is 2. The van der Waals surface area contributed by atoms with Crippen LogP contribution in [-0.4, -0.2) is 128 Å². The first-order valence-corrected chi connectivity index (χ1v) is 25.1. The summed E-state index contributed by atoms with van der Waals surface area (Å²) in [6.45, 7) is 15.7. The van der Waals surface area contributed by atoms with E-state index in [1.54, 1.807) is 29.9 Å². The minimum atomic E-state index is -1.05. The molecule has 19 nitrogen and oxygen atoms in total. The molecule has 4 aliphatic carbocycles. The summed E-state index contributed by atoms with van der Waals surface area (Å²) in [7, 11) is 0. The summed E-state index contributed by atoms with van der Waals surface area (Å²) in [5.41, 5.74) is -0.308. The van der Waals surface area contributed by atoms with Crippen molar-refractivity contribution in [1.82, 2.24) is 30.5 Å². The summed E-state index contributed by atoms with van der Waals surface area (Å²) >= 11 is 0. The minimum Gasteiger partial charge on any atom is -0.392 e. The average Bonchev–Trinajstić information content (AvgIpc) is 3.94. The standard InChI is InChI=1S/C52H69N7O12/c1-28(33-23-40(64)52(7)44-36(61)24-38-49(3,4)39(63)13-14-50(38,5)43(44)37(62)25-51(33,52)6)21-31(60)22-29(2)45(66)54-26-30-27-58(57-56-30)16-18-71-20-19-70-17-15-53-34-10-8-9-32-42(34)48(69)59(47(32)68)35-11-12-41(65)55-46(35)67/h8-10,27-29,33,35-36,38,40,53,61,64H,11-26H2,1-7H3,(H,54,66)(H,55,65,67)/t28-,29-,33-,35?,36+,38+,40+,50+,51-,52+/m1/s1. The normalized spacial score (nSPS) is 30.9. The van der Waals surface area contributed by atoms with Crippen molar-refractivity contribution in [3.05, 3.63) is 52.4 Å². The average molecular weight is 984 g/mol. The number of Topliss-reactive ketones (excluding diaryl/α,β-unsaturated/α-hetero) is 3. The highest BCUT2D eigenvalue weighted by Gasteiger charge is 2.70. The lowest BCUT2D eigenvalue weighted by molar-refractivity contribution is -0.146. The van der Waals surface area contributed by atoms with Gasteiger partial charge in [-0.25, -0.2) is 4.68 Å². The van der Waals surface area contributed by atoms with Gasteiger partial charge < -0.3 is 30.3 Å². The Kier molecular flexibility index (Phi) is 14.5. The van der Waals surface area contributed by atoms with Crippen LogP contribution in [0.2, 0.25) is 0 Å². The Morgan fingerprint density at radius 2 is 1.66 bits per heavy atom. The number of rotatable bonds is 19. The number of aromatic nitrogens is 3. The zero-order valence-corrected chi connectivity index (χ0v) is 41.9. The van der Waals surface area contributed by atoms with Gasteiger partial charge >= 0.3 is 0 Å². The number of carbonyl (C=O) groups excluding carboxylic acids is 8. The van der Waals surface area contributed by atoms with Gasteiger partial charge in [-0.15, -0.1) is 5.10 Å². The fourth-order valence-electron chi connectivity index (χ4n) is 13.5. The van der Waals surface area contributed by atoms with Crippen LogP contribution in [0.5, 0.6) is 0 Å². The van der Waals surface area contributed by atoms with Crippen LogP contribution in [0.4, 0.5) is 5.69 Å². The van der Waals surface area contributed by atoms with E-state index in [2.05, 4.69) is 33.2 Å². The van der Waals surface area contributed by atoms with Gasteiger partial charge in [-0.3, -0.25) is 48.6 Å². The highest BCUT2D eigenvalue weighted by molar-refractivity contribution is 6.25. The van der Waals surface area contributed by atoms with Crippen molar-refractivity contribution in [3.63, 3.8) is 0 Å². The number of aliphatic hydroxyl groups is 2. The van der Waals surface area contributed by atoms with Crippen molar-refractivity contribution >= 4 is 52.6 Å². The van der Waals surface area contributed by atoms with Crippen LogP contribution in [0, 0.1) is 45.3 Å². The Balaban J connectivity index is 0.736. The predicted octanol–water partition coefficient (Wildman–Crippen LogP) is 3.50. The van der Waals surface area contributed by atoms with E-state index < -0.39 is 69.5 Å². The Bertz CT molecular complexity index is 2550. The van der Waals surface area contributed by atoms with Gasteiger partial charge in [-0.1, -0.05) is 59.7 Å². The topological polar surface area (TPSA) is 266 Å². The van der Waals surface area contributed by atoms with Crippen LogP contribution >= 0.6 is 0 Å². The quantitative estimate of drug-likeness (QED) is 0.0997. The van der Waals surface area contributed by atoms with Gasteiger partial charge in [0, 0.05) is 72.1 Å². The molecule has 5 N–H and O–H groups in total. The van der Waals surface area contributed by atoms with Crippen molar-refractivity contribution in [2.75, 3.05) is 38.3 Å². The first-order chi connectivity index (χ1) is 33.5. The van der Waals surface area contributed by atoms with Gasteiger partial charge in [0.1, 0.15) is 23.3 Å². The van der Waals surface area contributed by atoms with Crippen LogP contribution in [0.3, 0.4) is 0 Å². The number of benzene rings is 1. The summed E-state index contributed by atoms with van der Waals surface area (Å²) in [5.74, 6) is -3.74. The molecular formula is C52H69N7O12. The number of ketones is 3. The maximum Gasteiger partial charge on any atom is 0.264 e. The molecule has 2 aromatic rings. The number of aliphatic hydroxyl groups excluding tert-OH is 2. The highest BCUT2D eigenvalue weighted by Crippen LogP contribution is 2.71. The fraction of sp³-hybridized carbons (Fsp3) is 0.654. The lowest BCUT2D eigenvalue weighted by atomic mass is 9.42. The molecule has 1 aromatic carbocycles. The van der Waals surface area contributed by atoms with Crippen LogP contribution in [-0.2, 0) is 51.3 Å². The van der Waals surface area contributed by atoms with Gasteiger partial charge in [0.2, 0.25) is 17.7 Å². The van der Waals surface area contributed by atoms with Crippen LogP contribution < -0.4 is 16.0 Å². The Labute approximate surface area is 413 Å². The number of amides is 5. The highest BCUT2D eigenvalue weighted by atomic mass is 16.5. The molecule has 0 radical (unpaired) electrons. The van der Waals surface area contributed by atoms with E-state index in [1.165, 1.54) is 6.07 Å². The maximum atomic E-state index is 14.4. The molecular weight excluding hydrogens is 915 g/mol. The van der Waals surface area contributed by atoms with Crippen LogP contribution in [0.15, 0.2) is 35.5 Å². The molecule has 10 atom stereocenters. The van der Waals surface area contributed by atoms with Gasteiger partial charge in [-0.05, 0) is 66.6 Å². The second-order valence-corrected chi connectivity index (χ2v) is 22.1. The van der Waals surface area contributed by atoms with Crippen molar-refractivity contribution in [2.45, 2.75) is 138 Å². The molecule has 2 aliphatic heterocycles. The Morgan fingerprint density at radius 3 is 2.39 bits per heavy atom. The summed E-state index contributed by atoms with van der Waals surface area (Å²) in [6, 6.07) is 3.81. The van der Waals surface area contributed by atoms with Gasteiger partial charge in [-0.2, -0.15) is 0 Å². The molecule has 19 heteroatoms. The first kappa shape index (κ1) is 51.8. The molecule has 384 valence electrons. The molecule has 0 bridgehead atoms. The van der Waals surface area contributed by atoms with E-state index in [4.69, 9.17) is 9.47 Å². The zero-order chi connectivity index (χ0) is 51.4. The lowest BCUT2D eigenvalue weighted by Crippen LogP contribution is -2.60.